The molecule has 1 unspecified atom stereocenters. The summed E-state index contributed by atoms with van der Waals surface area (Å²) in [6, 6.07) is 10.1. The van der Waals surface area contributed by atoms with Gasteiger partial charge in [0.15, 0.2) is 0 Å². The highest BCUT2D eigenvalue weighted by Gasteiger charge is 2.38. The van der Waals surface area contributed by atoms with E-state index in [2.05, 4.69) is 65.2 Å². The van der Waals surface area contributed by atoms with Crippen molar-refractivity contribution in [1.82, 2.24) is 0 Å². The second-order valence-corrected chi connectivity index (χ2v) is 17.2. The van der Waals surface area contributed by atoms with E-state index in [0.717, 1.165) is 29.9 Å². The lowest BCUT2D eigenvalue weighted by Gasteiger charge is -2.38. The Morgan fingerprint density at radius 3 is 2.19 bits per heavy atom. The van der Waals surface area contributed by atoms with Gasteiger partial charge in [-0.15, -0.1) is 0 Å². The molecule has 1 heterocycles. The molecule has 1 aromatic heterocycles. The summed E-state index contributed by atoms with van der Waals surface area (Å²) in [4.78, 5) is 13.0. The van der Waals surface area contributed by atoms with Crippen molar-refractivity contribution in [2.75, 3.05) is 5.32 Å². The molecule has 0 radical (unpaired) electrons. The highest BCUT2D eigenvalue weighted by Crippen LogP contribution is 2.36. The van der Waals surface area contributed by atoms with E-state index in [1.807, 2.05) is 18.2 Å². The monoisotopic (exact) mass is 513 g/mol. The molecule has 0 aliphatic carbocycles. The van der Waals surface area contributed by atoms with Gasteiger partial charge in [-0.25, -0.2) is 4.79 Å². The van der Waals surface area contributed by atoms with Gasteiger partial charge in [0.25, 0.3) is 0 Å². The third-order valence-electron chi connectivity index (χ3n) is 8.03. The van der Waals surface area contributed by atoms with Crippen molar-refractivity contribution < 1.29 is 13.9 Å². The molecule has 2 aromatic rings. The van der Waals surface area contributed by atoms with Gasteiger partial charge < -0.3 is 9.15 Å². The van der Waals surface area contributed by atoms with E-state index in [0.29, 0.717) is 6.42 Å². The first kappa shape index (κ1) is 30.2. The predicted octanol–water partition coefficient (Wildman–Crippen LogP) is 9.38. The zero-order valence-corrected chi connectivity index (χ0v) is 25.0. The molecule has 0 saturated carbocycles. The molecule has 1 N–H and O–H groups in total. The van der Waals surface area contributed by atoms with Crippen molar-refractivity contribution in [3.05, 3.63) is 47.9 Å². The van der Waals surface area contributed by atoms with E-state index < -0.39 is 8.07 Å². The zero-order chi connectivity index (χ0) is 26.6. The van der Waals surface area contributed by atoms with Gasteiger partial charge in [-0.1, -0.05) is 109 Å². The number of amides is 1. The number of carbonyl (C=O) groups is 1. The third-order valence-corrected chi connectivity index (χ3v) is 13.7. The van der Waals surface area contributed by atoms with Crippen LogP contribution in [0.15, 0.2) is 41.0 Å². The van der Waals surface area contributed by atoms with E-state index in [1.54, 1.807) is 6.26 Å². The van der Waals surface area contributed by atoms with Crippen molar-refractivity contribution in [1.29, 1.82) is 0 Å². The Hall–Kier alpha value is -2.01. The first-order valence-corrected chi connectivity index (χ1v) is 17.2. The lowest BCUT2D eigenvalue weighted by atomic mass is 10.0. The Labute approximate surface area is 221 Å². The van der Waals surface area contributed by atoms with Gasteiger partial charge in [-0.05, 0) is 48.6 Å². The molecule has 5 heteroatoms. The number of anilines is 1. The second-order valence-electron chi connectivity index (χ2n) is 11.9. The van der Waals surface area contributed by atoms with Crippen LogP contribution in [-0.4, -0.2) is 20.3 Å². The average Bonchev–Trinajstić information content (AvgIpc) is 3.31. The number of ether oxygens (including phenoxy) is 1. The number of furan rings is 1. The van der Waals surface area contributed by atoms with Gasteiger partial charge in [-0.2, -0.15) is 0 Å². The maximum absolute atomic E-state index is 13.0. The minimum absolute atomic E-state index is 0.190. The topological polar surface area (TPSA) is 51.5 Å². The average molecular weight is 514 g/mol. The Morgan fingerprint density at radius 2 is 1.61 bits per heavy atom. The van der Waals surface area contributed by atoms with Crippen LogP contribution in [-0.2, 0) is 11.2 Å². The molecule has 2 rings (SSSR count). The Bertz CT molecular complexity index is 899. The molecule has 0 bridgehead atoms. The van der Waals surface area contributed by atoms with Crippen LogP contribution in [0, 0.1) is 6.92 Å². The summed E-state index contributed by atoms with van der Waals surface area (Å²) in [6.07, 6.45) is 14.1. The van der Waals surface area contributed by atoms with Crippen LogP contribution in [0.5, 0.6) is 0 Å². The van der Waals surface area contributed by atoms with Gasteiger partial charge >= 0.3 is 6.09 Å². The first-order valence-electron chi connectivity index (χ1n) is 14.2. The minimum atomic E-state index is -1.73. The molecule has 36 heavy (non-hydrogen) atoms. The van der Waals surface area contributed by atoms with E-state index in [-0.39, 0.29) is 17.2 Å². The van der Waals surface area contributed by atoms with E-state index in [1.165, 1.54) is 56.6 Å². The van der Waals surface area contributed by atoms with E-state index in [4.69, 9.17) is 9.15 Å². The van der Waals surface area contributed by atoms with Crippen LogP contribution < -0.4 is 10.5 Å². The number of unbranched alkanes of at least 4 members (excludes halogenated alkanes) is 8. The van der Waals surface area contributed by atoms with Gasteiger partial charge in [0, 0.05) is 12.1 Å². The second kappa shape index (κ2) is 14.7. The summed E-state index contributed by atoms with van der Waals surface area (Å²) in [7, 11) is -1.73. The first-order chi connectivity index (χ1) is 17.1. The van der Waals surface area contributed by atoms with Gasteiger partial charge in [-0.3, -0.25) is 5.32 Å². The number of benzene rings is 1. The molecule has 0 spiro atoms. The minimum Gasteiger partial charge on any atom is -0.469 e. The zero-order valence-electron chi connectivity index (χ0n) is 24.0. The number of hydrogen-bond donors (Lipinski definition) is 1. The molecule has 1 aromatic carbocycles. The lowest BCUT2D eigenvalue weighted by molar-refractivity contribution is 0.100. The van der Waals surface area contributed by atoms with Gasteiger partial charge in [0.2, 0.25) is 0 Å². The quantitative estimate of drug-likeness (QED) is 0.191. The molecule has 202 valence electrons. The normalized spacial score (nSPS) is 13.0. The molecule has 0 saturated heterocycles. The van der Waals surface area contributed by atoms with Crippen LogP contribution in [0.2, 0.25) is 18.1 Å². The number of rotatable bonds is 15. The van der Waals surface area contributed by atoms with E-state index >= 15 is 0 Å². The highest BCUT2D eigenvalue weighted by molar-refractivity contribution is 6.92. The van der Waals surface area contributed by atoms with Crippen LogP contribution >= 0.6 is 0 Å². The molecule has 0 aliphatic rings. The lowest BCUT2D eigenvalue weighted by Crippen LogP contribution is -2.50. The van der Waals surface area contributed by atoms with Crippen LogP contribution in [0.25, 0.3) is 0 Å². The van der Waals surface area contributed by atoms with Crippen molar-refractivity contribution in [2.45, 2.75) is 129 Å². The standard InChI is InChI=1S/C31H51NO3Si/c1-8-9-10-11-12-13-14-15-16-19-27(24-26-20-18-23-34-26)35-30(33)32-28-21-17-22-29(25(28)2)36(6,7)31(3,4)5/h17-18,20-23,27H,8-16,19,24H2,1-7H3,(H,32,33). The van der Waals surface area contributed by atoms with Crippen LogP contribution in [0.1, 0.15) is 103 Å². The Kier molecular flexibility index (Phi) is 12.3. The molecule has 0 fully saturated rings. The summed E-state index contributed by atoms with van der Waals surface area (Å²) < 4.78 is 11.5. The highest BCUT2D eigenvalue weighted by atomic mass is 28.3. The smallest absolute Gasteiger partial charge is 0.411 e. The SMILES string of the molecule is CCCCCCCCCCCC(Cc1ccco1)OC(=O)Nc1cccc([Si](C)(C)C(C)(C)C)c1C. The van der Waals surface area contributed by atoms with Crippen LogP contribution in [0.3, 0.4) is 0 Å². The summed E-state index contributed by atoms with van der Waals surface area (Å²) in [6.45, 7) is 16.1. The Morgan fingerprint density at radius 1 is 0.972 bits per heavy atom. The fourth-order valence-electron chi connectivity index (χ4n) is 4.68. The fraction of sp³-hybridized carbons (Fsp3) is 0.645. The summed E-state index contributed by atoms with van der Waals surface area (Å²) in [5.41, 5.74) is 2.00. The number of carbonyl (C=O) groups excluding carboxylic acids is 1. The molecule has 1 atom stereocenters. The number of hydrogen-bond acceptors (Lipinski definition) is 3. The Balaban J connectivity index is 1.94. The predicted molar refractivity (Wildman–Crippen MR) is 156 cm³/mol. The third kappa shape index (κ3) is 9.46. The van der Waals surface area contributed by atoms with Crippen molar-refractivity contribution in [3.63, 3.8) is 0 Å². The van der Waals surface area contributed by atoms with Crippen molar-refractivity contribution >= 4 is 25.0 Å². The summed E-state index contributed by atoms with van der Waals surface area (Å²) in [5, 5.41) is 4.66. The summed E-state index contributed by atoms with van der Waals surface area (Å²) in [5.74, 6) is 0.861. The van der Waals surface area contributed by atoms with Gasteiger partial charge in [0.05, 0.1) is 14.3 Å². The largest absolute Gasteiger partial charge is 0.469 e. The molecule has 4 nitrogen and oxygen atoms in total. The van der Waals surface area contributed by atoms with Gasteiger partial charge in [0.1, 0.15) is 11.9 Å². The fourth-order valence-corrected chi connectivity index (χ4v) is 7.07. The number of nitrogens with one attached hydrogen (secondary N) is 1. The molecular formula is C31H51NO3Si. The molecular weight excluding hydrogens is 462 g/mol. The molecule has 1 amide bonds. The van der Waals surface area contributed by atoms with Crippen LogP contribution in [0.4, 0.5) is 10.5 Å². The van der Waals surface area contributed by atoms with E-state index in [9.17, 15) is 4.79 Å². The summed E-state index contributed by atoms with van der Waals surface area (Å²) >= 11 is 0. The van der Waals surface area contributed by atoms with Crippen molar-refractivity contribution in [3.8, 4) is 0 Å². The molecule has 0 aliphatic heterocycles. The van der Waals surface area contributed by atoms with Crippen molar-refractivity contribution in [2.24, 2.45) is 0 Å². The maximum atomic E-state index is 13.0. The maximum Gasteiger partial charge on any atom is 0.411 e.